The predicted octanol–water partition coefficient (Wildman–Crippen LogP) is 2.11. The lowest BCUT2D eigenvalue weighted by atomic mass is 10.2. The van der Waals surface area contributed by atoms with Crippen molar-refractivity contribution in [2.24, 2.45) is 4.99 Å². The number of nitrogens with zero attached hydrogens (tertiary/aromatic N) is 1. The summed E-state index contributed by atoms with van der Waals surface area (Å²) < 4.78 is 10.6. The highest BCUT2D eigenvalue weighted by atomic mass is 32.2. The van der Waals surface area contributed by atoms with Crippen molar-refractivity contribution in [1.82, 2.24) is 4.98 Å². The van der Waals surface area contributed by atoms with Gasteiger partial charge in [-0.1, -0.05) is 11.8 Å². The van der Waals surface area contributed by atoms with Gasteiger partial charge in [-0.2, -0.15) is 0 Å². The monoisotopic (exact) mass is 349 g/mol. The van der Waals surface area contributed by atoms with Gasteiger partial charge < -0.3 is 25.3 Å². The summed E-state index contributed by atoms with van der Waals surface area (Å²) in [6.07, 6.45) is 0.109. The van der Waals surface area contributed by atoms with Crippen molar-refractivity contribution in [1.29, 1.82) is 0 Å². The van der Waals surface area contributed by atoms with Crippen molar-refractivity contribution in [3.63, 3.8) is 0 Å². The third kappa shape index (κ3) is 3.65. The van der Waals surface area contributed by atoms with Gasteiger partial charge in [-0.15, -0.1) is 0 Å². The number of carbonyl (C=O) groups is 1. The summed E-state index contributed by atoms with van der Waals surface area (Å²) >= 11 is 1.48. The molecule has 8 heteroatoms. The molecule has 1 aromatic heterocycles. The number of nitrogen functional groups attached to an aromatic ring is 1. The summed E-state index contributed by atoms with van der Waals surface area (Å²) in [6, 6.07) is 5.65. The molecule has 1 aliphatic heterocycles. The minimum atomic E-state index is -0.803. The molecule has 1 unspecified atom stereocenters. The zero-order chi connectivity index (χ0) is 17.1. The van der Waals surface area contributed by atoms with Crippen LogP contribution in [0, 0.1) is 0 Å². The minimum Gasteiger partial charge on any atom is -0.491 e. The Morgan fingerprint density at radius 2 is 2.29 bits per heavy atom. The second kappa shape index (κ2) is 7.14. The van der Waals surface area contributed by atoms with Gasteiger partial charge in [0, 0.05) is 23.8 Å². The van der Waals surface area contributed by atoms with Crippen molar-refractivity contribution in [2.75, 3.05) is 32.6 Å². The van der Waals surface area contributed by atoms with E-state index >= 15 is 0 Å². The number of carboxylic acids is 1. The Bertz CT molecular complexity index is 787. The van der Waals surface area contributed by atoms with Gasteiger partial charge in [-0.05, 0) is 12.1 Å². The second-order valence-electron chi connectivity index (χ2n) is 5.48. The number of rotatable bonds is 7. The number of anilines is 1. The summed E-state index contributed by atoms with van der Waals surface area (Å²) in [6.45, 7) is 1.48. The summed E-state index contributed by atoms with van der Waals surface area (Å²) in [7, 11) is 1.62. The number of H-pyrrole nitrogens is 1. The first-order valence-corrected chi connectivity index (χ1v) is 8.42. The number of aliphatic imine (C=N–C) groups is 1. The van der Waals surface area contributed by atoms with E-state index in [0.29, 0.717) is 31.2 Å². The van der Waals surface area contributed by atoms with E-state index in [1.165, 1.54) is 11.8 Å². The van der Waals surface area contributed by atoms with Gasteiger partial charge in [0.2, 0.25) is 0 Å². The lowest BCUT2D eigenvalue weighted by Crippen LogP contribution is -2.10. The Hall–Kier alpha value is -2.19. The molecule has 0 saturated carbocycles. The number of carboxylic acid groups (broad SMARTS) is 1. The molecule has 0 aliphatic carbocycles. The van der Waals surface area contributed by atoms with Crippen LogP contribution >= 0.6 is 11.8 Å². The minimum absolute atomic E-state index is 0.0193. The summed E-state index contributed by atoms with van der Waals surface area (Å²) in [5, 5.41) is 10.6. The van der Waals surface area contributed by atoms with E-state index in [-0.39, 0.29) is 11.7 Å². The van der Waals surface area contributed by atoms with Crippen LogP contribution in [-0.2, 0) is 9.53 Å². The van der Waals surface area contributed by atoms with Gasteiger partial charge in [0.05, 0.1) is 36.5 Å². The smallest absolute Gasteiger partial charge is 0.304 e. The molecule has 0 radical (unpaired) electrons. The number of fused-ring (bicyclic) bond motifs is 1. The Balaban J connectivity index is 1.79. The quantitative estimate of drug-likeness (QED) is 0.522. The number of aromatic nitrogens is 1. The first kappa shape index (κ1) is 16.7. The highest BCUT2D eigenvalue weighted by Crippen LogP contribution is 2.32. The van der Waals surface area contributed by atoms with Crippen molar-refractivity contribution in [2.45, 2.75) is 11.7 Å². The molecule has 0 bridgehead atoms. The van der Waals surface area contributed by atoms with Crippen molar-refractivity contribution < 1.29 is 19.4 Å². The zero-order valence-electron chi connectivity index (χ0n) is 13.2. The molecule has 1 aromatic carbocycles. The van der Waals surface area contributed by atoms with Crippen LogP contribution < -0.4 is 10.5 Å². The molecule has 0 amide bonds. The molecular formula is C16H19N3O4S. The maximum Gasteiger partial charge on any atom is 0.304 e. The molecule has 1 atom stereocenters. The highest BCUT2D eigenvalue weighted by molar-refractivity contribution is 8.15. The number of nitrogens with one attached hydrogen (secondary N) is 1. The number of thioether (sulfide) groups is 1. The van der Waals surface area contributed by atoms with Crippen molar-refractivity contribution in [3.8, 4) is 5.75 Å². The SMILES string of the molecule is COCCOc1cc(N)c2[nH]c(C3=NCC(CC(=O)O)S3)cc2c1. The molecule has 4 N–H and O–H groups in total. The van der Waals surface area contributed by atoms with E-state index in [4.69, 9.17) is 20.3 Å². The van der Waals surface area contributed by atoms with Gasteiger partial charge in [0.15, 0.2) is 0 Å². The second-order valence-corrected chi connectivity index (χ2v) is 6.77. The standard InChI is InChI=1S/C16H19N3O4S/c1-22-2-3-23-10-4-9-5-13(19-15(9)12(17)6-10)16-18-8-11(24-16)7-14(20)21/h4-6,11,19H,2-3,7-8,17H2,1H3,(H,20,21). The van der Waals surface area contributed by atoms with Crippen LogP contribution in [0.25, 0.3) is 10.9 Å². The molecule has 24 heavy (non-hydrogen) atoms. The van der Waals surface area contributed by atoms with Crippen LogP contribution in [0.3, 0.4) is 0 Å². The fraction of sp³-hybridized carbons (Fsp3) is 0.375. The number of hydrogen-bond donors (Lipinski definition) is 3. The average molecular weight is 349 g/mol. The fourth-order valence-electron chi connectivity index (χ4n) is 2.55. The number of aromatic amines is 1. The van der Waals surface area contributed by atoms with Crippen LogP contribution in [0.2, 0.25) is 0 Å². The molecule has 2 heterocycles. The van der Waals surface area contributed by atoms with Gasteiger partial charge >= 0.3 is 5.97 Å². The Morgan fingerprint density at radius 3 is 3.04 bits per heavy atom. The third-order valence-electron chi connectivity index (χ3n) is 3.64. The van der Waals surface area contributed by atoms with Crippen molar-refractivity contribution >= 4 is 39.4 Å². The highest BCUT2D eigenvalue weighted by Gasteiger charge is 2.24. The Kier molecular flexibility index (Phi) is 4.96. The molecule has 3 rings (SSSR count). The van der Waals surface area contributed by atoms with E-state index in [1.807, 2.05) is 12.1 Å². The summed E-state index contributed by atoms with van der Waals surface area (Å²) in [4.78, 5) is 18.5. The normalized spacial score (nSPS) is 17.2. The average Bonchev–Trinajstić information content (AvgIpc) is 3.13. The first-order valence-electron chi connectivity index (χ1n) is 7.54. The van der Waals surface area contributed by atoms with Crippen LogP contribution in [0.5, 0.6) is 5.75 Å². The molecule has 0 fully saturated rings. The molecular weight excluding hydrogens is 330 g/mol. The Morgan fingerprint density at radius 1 is 1.46 bits per heavy atom. The van der Waals surface area contributed by atoms with E-state index in [0.717, 1.165) is 21.6 Å². The van der Waals surface area contributed by atoms with Gasteiger partial charge in [0.25, 0.3) is 0 Å². The molecule has 2 aromatic rings. The van der Waals surface area contributed by atoms with Gasteiger partial charge in [-0.25, -0.2) is 0 Å². The Labute approximate surface area is 143 Å². The summed E-state index contributed by atoms with van der Waals surface area (Å²) in [5.41, 5.74) is 8.37. The van der Waals surface area contributed by atoms with E-state index in [9.17, 15) is 4.79 Å². The largest absolute Gasteiger partial charge is 0.491 e. The molecule has 0 saturated heterocycles. The first-order chi connectivity index (χ1) is 11.6. The van der Waals surface area contributed by atoms with Crippen LogP contribution in [0.15, 0.2) is 23.2 Å². The number of aliphatic carboxylic acids is 1. The number of benzene rings is 1. The molecule has 7 nitrogen and oxygen atoms in total. The van der Waals surface area contributed by atoms with Gasteiger partial charge in [-0.3, -0.25) is 9.79 Å². The number of hydrogen-bond acceptors (Lipinski definition) is 6. The van der Waals surface area contributed by atoms with E-state index in [1.54, 1.807) is 13.2 Å². The van der Waals surface area contributed by atoms with Gasteiger partial charge in [0.1, 0.15) is 17.4 Å². The maximum atomic E-state index is 10.8. The predicted molar refractivity (Wildman–Crippen MR) is 95.1 cm³/mol. The number of methoxy groups -OCH3 is 1. The van der Waals surface area contributed by atoms with E-state index in [2.05, 4.69) is 9.98 Å². The topological polar surface area (TPSA) is 110 Å². The van der Waals surface area contributed by atoms with Crippen LogP contribution in [-0.4, -0.2) is 53.2 Å². The number of ether oxygens (including phenoxy) is 2. The zero-order valence-corrected chi connectivity index (χ0v) is 14.1. The summed E-state index contributed by atoms with van der Waals surface area (Å²) in [5.74, 6) is -0.116. The fourth-order valence-corrected chi connectivity index (χ4v) is 3.63. The molecule has 1 aliphatic rings. The third-order valence-corrected chi connectivity index (χ3v) is 4.86. The lowest BCUT2D eigenvalue weighted by molar-refractivity contribution is -0.136. The van der Waals surface area contributed by atoms with E-state index < -0.39 is 5.97 Å². The lowest BCUT2D eigenvalue weighted by Gasteiger charge is -2.06. The molecule has 0 spiro atoms. The maximum absolute atomic E-state index is 10.8. The van der Waals surface area contributed by atoms with Crippen molar-refractivity contribution in [3.05, 3.63) is 23.9 Å². The number of nitrogens with two attached hydrogens (primary N) is 1. The molecule has 128 valence electrons. The van der Waals surface area contributed by atoms with Crippen LogP contribution in [0.4, 0.5) is 5.69 Å². The van der Waals surface area contributed by atoms with Crippen LogP contribution in [0.1, 0.15) is 12.1 Å².